The molecule has 1 N–H and O–H groups in total. The third-order valence-corrected chi connectivity index (χ3v) is 3.43. The molecule has 1 aromatic heterocycles. The summed E-state index contributed by atoms with van der Waals surface area (Å²) < 4.78 is 26.5. The number of aromatic nitrogens is 2. The van der Waals surface area contributed by atoms with Crippen molar-refractivity contribution in [3.63, 3.8) is 0 Å². The lowest BCUT2D eigenvalue weighted by molar-refractivity contribution is 0.553. The molecule has 1 rings (SSSR count). The van der Waals surface area contributed by atoms with Gasteiger partial charge in [-0.1, -0.05) is 0 Å². The van der Waals surface area contributed by atoms with Crippen molar-refractivity contribution in [3.05, 3.63) is 18.0 Å². The third kappa shape index (κ3) is 4.44. The highest BCUT2D eigenvalue weighted by atomic mass is 32.2. The fourth-order valence-corrected chi connectivity index (χ4v) is 1.82. The molecule has 1 heterocycles. The summed E-state index contributed by atoms with van der Waals surface area (Å²) in [6, 6.07) is 0. The molecular weight excluding hydrogens is 214 g/mol. The molecule has 0 atom stereocenters. The quantitative estimate of drug-likeness (QED) is 0.726. The highest BCUT2D eigenvalue weighted by Crippen LogP contribution is 1.95. The Kier molecular flexibility index (Phi) is 4.28. The maximum absolute atomic E-state index is 11.1. The zero-order valence-corrected chi connectivity index (χ0v) is 9.92. The van der Waals surface area contributed by atoms with Crippen LogP contribution in [0.25, 0.3) is 0 Å². The first-order valence-corrected chi connectivity index (χ1v) is 6.65. The van der Waals surface area contributed by atoms with Gasteiger partial charge in [0.25, 0.3) is 0 Å². The topological polar surface area (TPSA) is 64.0 Å². The number of aryl methyl sites for hydroxylation is 2. The van der Waals surface area contributed by atoms with Gasteiger partial charge in [0.2, 0.25) is 10.0 Å². The molecule has 0 aliphatic carbocycles. The van der Waals surface area contributed by atoms with E-state index in [9.17, 15) is 8.42 Å². The minimum absolute atomic E-state index is 0.133. The summed E-state index contributed by atoms with van der Waals surface area (Å²) in [7, 11) is -3.05. The minimum Gasteiger partial charge on any atom is -0.272 e. The van der Waals surface area contributed by atoms with Gasteiger partial charge >= 0.3 is 0 Å². The van der Waals surface area contributed by atoms with E-state index < -0.39 is 10.0 Å². The highest BCUT2D eigenvalue weighted by molar-refractivity contribution is 7.89. The van der Waals surface area contributed by atoms with Crippen molar-refractivity contribution in [2.45, 2.75) is 26.8 Å². The number of hydrogen-bond acceptors (Lipinski definition) is 3. The Morgan fingerprint density at radius 1 is 1.53 bits per heavy atom. The molecule has 1 aromatic rings. The third-order valence-electron chi connectivity index (χ3n) is 2.03. The van der Waals surface area contributed by atoms with Crippen LogP contribution < -0.4 is 4.72 Å². The predicted molar refractivity (Wildman–Crippen MR) is 59.0 cm³/mol. The van der Waals surface area contributed by atoms with Gasteiger partial charge in [0.05, 0.1) is 11.9 Å². The van der Waals surface area contributed by atoms with E-state index in [0.717, 1.165) is 18.5 Å². The average Bonchev–Trinajstić information content (AvgIpc) is 2.59. The van der Waals surface area contributed by atoms with Crippen LogP contribution in [0.1, 0.15) is 18.9 Å². The lowest BCUT2D eigenvalue weighted by Gasteiger charge is -2.04. The van der Waals surface area contributed by atoms with Gasteiger partial charge in [0.1, 0.15) is 0 Å². The molecule has 15 heavy (non-hydrogen) atoms. The van der Waals surface area contributed by atoms with Crippen LogP contribution in [0.5, 0.6) is 0 Å². The van der Waals surface area contributed by atoms with E-state index in [4.69, 9.17) is 0 Å². The smallest absolute Gasteiger partial charge is 0.211 e. The number of sulfonamides is 1. The van der Waals surface area contributed by atoms with Crippen molar-refractivity contribution < 1.29 is 8.42 Å². The first-order valence-electron chi connectivity index (χ1n) is 5.00. The zero-order chi connectivity index (χ0) is 11.3. The SMILES string of the molecule is CCS(=O)(=O)NCCCn1cc(C)cn1. The lowest BCUT2D eigenvalue weighted by Crippen LogP contribution is -2.26. The average molecular weight is 231 g/mol. The minimum atomic E-state index is -3.05. The fraction of sp³-hybridized carbons (Fsp3) is 0.667. The van der Waals surface area contributed by atoms with Gasteiger partial charge in [-0.2, -0.15) is 5.10 Å². The summed E-state index contributed by atoms with van der Waals surface area (Å²) in [6.45, 7) is 4.80. The predicted octanol–water partition coefficient (Wildman–Crippen LogP) is 0.521. The van der Waals surface area contributed by atoms with Gasteiger partial charge in [-0.3, -0.25) is 4.68 Å². The summed E-state index contributed by atoms with van der Waals surface area (Å²) >= 11 is 0. The van der Waals surface area contributed by atoms with E-state index in [1.807, 2.05) is 17.8 Å². The Balaban J connectivity index is 2.23. The molecule has 0 radical (unpaired) electrons. The number of nitrogens with one attached hydrogen (secondary N) is 1. The zero-order valence-electron chi connectivity index (χ0n) is 9.10. The van der Waals surface area contributed by atoms with Gasteiger partial charge in [-0.15, -0.1) is 0 Å². The van der Waals surface area contributed by atoms with Crippen molar-refractivity contribution in [1.29, 1.82) is 0 Å². The molecule has 0 amide bonds. The first-order chi connectivity index (χ1) is 7.03. The van der Waals surface area contributed by atoms with E-state index in [1.165, 1.54) is 0 Å². The van der Waals surface area contributed by atoms with E-state index in [2.05, 4.69) is 9.82 Å². The van der Waals surface area contributed by atoms with E-state index >= 15 is 0 Å². The van der Waals surface area contributed by atoms with Crippen LogP contribution in [0, 0.1) is 6.92 Å². The fourth-order valence-electron chi connectivity index (χ4n) is 1.16. The molecule has 6 heteroatoms. The molecule has 86 valence electrons. The Morgan fingerprint density at radius 2 is 2.27 bits per heavy atom. The van der Waals surface area contributed by atoms with Crippen molar-refractivity contribution in [2.75, 3.05) is 12.3 Å². The standard InChI is InChI=1S/C9H17N3O2S/c1-3-15(13,14)11-5-4-6-12-8-9(2)7-10-12/h7-8,11H,3-6H2,1-2H3. The van der Waals surface area contributed by atoms with Crippen molar-refractivity contribution in [2.24, 2.45) is 0 Å². The lowest BCUT2D eigenvalue weighted by atomic mass is 10.4. The second-order valence-corrected chi connectivity index (χ2v) is 5.53. The van der Waals surface area contributed by atoms with Gasteiger partial charge < -0.3 is 0 Å². The van der Waals surface area contributed by atoms with Gasteiger partial charge in [0.15, 0.2) is 0 Å². The number of rotatable bonds is 6. The van der Waals surface area contributed by atoms with Crippen LogP contribution in [0.4, 0.5) is 0 Å². The molecule has 0 unspecified atom stereocenters. The Hall–Kier alpha value is -0.880. The molecule has 0 fully saturated rings. The van der Waals surface area contributed by atoms with E-state index in [-0.39, 0.29) is 5.75 Å². The van der Waals surface area contributed by atoms with Crippen LogP contribution in [0.15, 0.2) is 12.4 Å². The molecule has 0 saturated heterocycles. The molecule has 5 nitrogen and oxygen atoms in total. The molecular formula is C9H17N3O2S. The summed E-state index contributed by atoms with van der Waals surface area (Å²) in [6.07, 6.45) is 4.48. The monoisotopic (exact) mass is 231 g/mol. The molecule has 0 aliphatic rings. The first kappa shape index (κ1) is 12.2. The van der Waals surface area contributed by atoms with Gasteiger partial charge in [0, 0.05) is 19.3 Å². The van der Waals surface area contributed by atoms with Crippen LogP contribution in [-0.2, 0) is 16.6 Å². The molecule has 0 saturated carbocycles. The Bertz CT molecular complexity index is 397. The van der Waals surface area contributed by atoms with Crippen molar-refractivity contribution in [3.8, 4) is 0 Å². The molecule has 0 bridgehead atoms. The summed E-state index contributed by atoms with van der Waals surface area (Å²) in [5.41, 5.74) is 1.11. The van der Waals surface area contributed by atoms with Crippen LogP contribution >= 0.6 is 0 Å². The number of hydrogen-bond donors (Lipinski definition) is 1. The second-order valence-electron chi connectivity index (χ2n) is 3.43. The summed E-state index contributed by atoms with van der Waals surface area (Å²) in [5, 5.41) is 4.11. The normalized spacial score (nSPS) is 11.9. The maximum atomic E-state index is 11.1. The number of nitrogens with zero attached hydrogens (tertiary/aromatic N) is 2. The maximum Gasteiger partial charge on any atom is 0.211 e. The van der Waals surface area contributed by atoms with Gasteiger partial charge in [-0.05, 0) is 25.8 Å². The molecule has 0 aliphatic heterocycles. The Labute approximate surface area is 90.5 Å². The van der Waals surface area contributed by atoms with Crippen LogP contribution in [0.2, 0.25) is 0 Å². The van der Waals surface area contributed by atoms with E-state index in [0.29, 0.717) is 6.54 Å². The summed E-state index contributed by atoms with van der Waals surface area (Å²) in [5.74, 6) is 0.133. The van der Waals surface area contributed by atoms with Crippen molar-refractivity contribution >= 4 is 10.0 Å². The van der Waals surface area contributed by atoms with Crippen molar-refractivity contribution in [1.82, 2.24) is 14.5 Å². The second kappa shape index (κ2) is 5.27. The van der Waals surface area contributed by atoms with Crippen LogP contribution in [-0.4, -0.2) is 30.5 Å². The molecule has 0 aromatic carbocycles. The van der Waals surface area contributed by atoms with Gasteiger partial charge in [-0.25, -0.2) is 13.1 Å². The largest absolute Gasteiger partial charge is 0.272 e. The van der Waals surface area contributed by atoms with E-state index in [1.54, 1.807) is 13.1 Å². The Morgan fingerprint density at radius 3 is 2.80 bits per heavy atom. The highest BCUT2D eigenvalue weighted by Gasteiger charge is 2.04. The molecule has 0 spiro atoms. The summed E-state index contributed by atoms with van der Waals surface area (Å²) in [4.78, 5) is 0. The van der Waals surface area contributed by atoms with Crippen LogP contribution in [0.3, 0.4) is 0 Å².